The van der Waals surface area contributed by atoms with Gasteiger partial charge in [0.25, 0.3) is 11.8 Å². The van der Waals surface area contributed by atoms with Crippen molar-refractivity contribution in [2.24, 2.45) is 0 Å². The van der Waals surface area contributed by atoms with Crippen LogP contribution in [-0.4, -0.2) is 53.1 Å². The largest absolute Gasteiger partial charge is 0.493 e. The molecule has 0 saturated heterocycles. The molecule has 2 amide bonds. The number of rotatable bonds is 8. The van der Waals surface area contributed by atoms with Crippen molar-refractivity contribution in [1.82, 2.24) is 15.0 Å². The van der Waals surface area contributed by atoms with Crippen LogP contribution in [0.4, 0.5) is 0 Å². The van der Waals surface area contributed by atoms with Crippen molar-refractivity contribution in [2.45, 2.75) is 12.5 Å². The fourth-order valence-electron chi connectivity index (χ4n) is 3.55. The topological polar surface area (TPSA) is 94.8 Å². The molecule has 0 N–H and O–H groups in total. The van der Waals surface area contributed by atoms with Gasteiger partial charge in [-0.25, -0.2) is 0 Å². The lowest BCUT2D eigenvalue weighted by Gasteiger charge is -2.22. The number of imide groups is 1. The minimum atomic E-state index is -0.652. The van der Waals surface area contributed by atoms with Gasteiger partial charge in [0, 0.05) is 5.56 Å². The highest BCUT2D eigenvalue weighted by Crippen LogP contribution is 2.35. The zero-order valence-corrected chi connectivity index (χ0v) is 18.1. The summed E-state index contributed by atoms with van der Waals surface area (Å²) in [5, 5.41) is 4.08. The summed E-state index contributed by atoms with van der Waals surface area (Å²) in [7, 11) is 3.10. The van der Waals surface area contributed by atoms with E-state index in [9.17, 15) is 9.59 Å². The molecule has 0 fully saturated rings. The number of hydrogen-bond acceptors (Lipinski definition) is 8. The van der Waals surface area contributed by atoms with E-state index in [1.807, 2.05) is 6.26 Å². The van der Waals surface area contributed by atoms with Gasteiger partial charge in [0.2, 0.25) is 11.7 Å². The molecule has 9 heteroatoms. The summed E-state index contributed by atoms with van der Waals surface area (Å²) in [4.78, 5) is 31.7. The van der Waals surface area contributed by atoms with Gasteiger partial charge in [-0.3, -0.25) is 14.5 Å². The second-order valence-electron chi connectivity index (χ2n) is 6.85. The molecule has 0 unspecified atom stereocenters. The summed E-state index contributed by atoms with van der Waals surface area (Å²) >= 11 is 1.61. The number of nitrogens with zero attached hydrogens (tertiary/aromatic N) is 3. The second-order valence-corrected chi connectivity index (χ2v) is 7.83. The summed E-state index contributed by atoms with van der Waals surface area (Å²) in [6.45, 7) is 0. The van der Waals surface area contributed by atoms with E-state index in [-0.39, 0.29) is 17.7 Å². The third-order valence-electron chi connectivity index (χ3n) is 5.10. The first-order chi connectivity index (χ1) is 15.1. The van der Waals surface area contributed by atoms with Crippen molar-refractivity contribution in [3.8, 4) is 22.9 Å². The number of thioether (sulfide) groups is 1. The van der Waals surface area contributed by atoms with Crippen LogP contribution in [0.25, 0.3) is 11.4 Å². The van der Waals surface area contributed by atoms with Crippen LogP contribution in [0, 0.1) is 0 Å². The molecule has 1 aliphatic heterocycles. The molecule has 1 aromatic heterocycles. The van der Waals surface area contributed by atoms with Gasteiger partial charge in [-0.2, -0.15) is 16.7 Å². The minimum absolute atomic E-state index is 0.216. The molecule has 3 aromatic rings. The van der Waals surface area contributed by atoms with E-state index in [1.54, 1.807) is 68.4 Å². The summed E-state index contributed by atoms with van der Waals surface area (Å²) in [6, 6.07) is 11.4. The monoisotopic (exact) mass is 439 g/mol. The number of carbonyl (C=O) groups excluding carboxylic acids is 2. The van der Waals surface area contributed by atoms with Crippen LogP contribution in [0.5, 0.6) is 11.5 Å². The molecule has 0 radical (unpaired) electrons. The average molecular weight is 439 g/mol. The number of benzene rings is 2. The fourth-order valence-corrected chi connectivity index (χ4v) is 4.01. The molecule has 31 heavy (non-hydrogen) atoms. The highest BCUT2D eigenvalue weighted by molar-refractivity contribution is 7.98. The van der Waals surface area contributed by atoms with E-state index in [1.165, 1.54) is 4.90 Å². The van der Waals surface area contributed by atoms with Crippen LogP contribution in [0.2, 0.25) is 0 Å². The van der Waals surface area contributed by atoms with Crippen LogP contribution in [-0.2, 0) is 0 Å². The van der Waals surface area contributed by atoms with E-state index in [2.05, 4.69) is 10.1 Å². The van der Waals surface area contributed by atoms with Gasteiger partial charge >= 0.3 is 0 Å². The highest BCUT2D eigenvalue weighted by Gasteiger charge is 2.42. The number of methoxy groups -OCH3 is 2. The van der Waals surface area contributed by atoms with Crippen molar-refractivity contribution in [2.75, 3.05) is 26.2 Å². The predicted molar refractivity (Wildman–Crippen MR) is 116 cm³/mol. The van der Waals surface area contributed by atoms with E-state index in [0.29, 0.717) is 46.2 Å². The highest BCUT2D eigenvalue weighted by atomic mass is 32.2. The number of ether oxygens (including phenoxy) is 2. The standard InChI is InChI=1S/C22H21N3O5S/c1-28-17-9-8-13(12-18(17)29-2)19-23-20(30-24-19)16(10-11-31-3)25-21(26)14-6-4-5-7-15(14)22(25)27/h4-9,12,16H,10-11H2,1-3H3/t16-/m1/s1. The maximum atomic E-state index is 13.0. The molecule has 4 rings (SSSR count). The maximum absolute atomic E-state index is 13.0. The Kier molecular flexibility index (Phi) is 5.94. The molecule has 2 aromatic carbocycles. The summed E-state index contributed by atoms with van der Waals surface area (Å²) in [5.41, 5.74) is 1.45. The Balaban J connectivity index is 1.69. The van der Waals surface area contributed by atoms with Gasteiger partial charge in [-0.1, -0.05) is 17.3 Å². The number of hydrogen-bond donors (Lipinski definition) is 0. The smallest absolute Gasteiger partial charge is 0.262 e. The van der Waals surface area contributed by atoms with E-state index in [4.69, 9.17) is 14.0 Å². The van der Waals surface area contributed by atoms with Gasteiger partial charge in [0.1, 0.15) is 6.04 Å². The van der Waals surface area contributed by atoms with Crippen molar-refractivity contribution >= 4 is 23.6 Å². The van der Waals surface area contributed by atoms with Crippen molar-refractivity contribution in [3.63, 3.8) is 0 Å². The second kappa shape index (κ2) is 8.81. The first-order valence-corrected chi connectivity index (χ1v) is 11.0. The lowest BCUT2D eigenvalue weighted by Crippen LogP contribution is -2.34. The third-order valence-corrected chi connectivity index (χ3v) is 5.75. The SMILES string of the molecule is COc1ccc(-c2noc([C@@H](CCSC)N3C(=O)c4ccccc4C3=O)n2)cc1OC. The quantitative estimate of drug-likeness (QED) is 0.489. The van der Waals surface area contributed by atoms with Crippen LogP contribution >= 0.6 is 11.8 Å². The molecule has 0 aliphatic carbocycles. The Labute approximate surface area is 183 Å². The van der Waals surface area contributed by atoms with Crippen molar-refractivity contribution in [1.29, 1.82) is 0 Å². The van der Waals surface area contributed by atoms with E-state index < -0.39 is 6.04 Å². The van der Waals surface area contributed by atoms with Crippen molar-refractivity contribution < 1.29 is 23.6 Å². The Morgan fingerprint density at radius 3 is 2.32 bits per heavy atom. The molecular formula is C22H21N3O5S. The third kappa shape index (κ3) is 3.76. The van der Waals surface area contributed by atoms with Gasteiger partial charge in [0.15, 0.2) is 11.5 Å². The van der Waals surface area contributed by atoms with Gasteiger partial charge in [0.05, 0.1) is 25.3 Å². The van der Waals surface area contributed by atoms with Crippen LogP contribution in [0.3, 0.4) is 0 Å². The molecule has 2 heterocycles. The van der Waals surface area contributed by atoms with Gasteiger partial charge < -0.3 is 14.0 Å². The van der Waals surface area contributed by atoms with Crippen LogP contribution in [0.1, 0.15) is 39.1 Å². The molecular weight excluding hydrogens is 418 g/mol. The van der Waals surface area contributed by atoms with Gasteiger partial charge in [-0.15, -0.1) is 0 Å². The maximum Gasteiger partial charge on any atom is 0.262 e. The Morgan fingerprint density at radius 2 is 1.71 bits per heavy atom. The zero-order valence-electron chi connectivity index (χ0n) is 17.3. The number of carbonyl (C=O) groups is 2. The molecule has 8 nitrogen and oxygen atoms in total. The summed E-state index contributed by atoms with van der Waals surface area (Å²) in [6.07, 6.45) is 2.46. The first-order valence-electron chi connectivity index (χ1n) is 9.61. The number of aromatic nitrogens is 2. The lowest BCUT2D eigenvalue weighted by atomic mass is 10.1. The molecule has 0 spiro atoms. The van der Waals surface area contributed by atoms with Crippen LogP contribution < -0.4 is 9.47 Å². The molecule has 1 atom stereocenters. The molecule has 0 bridgehead atoms. The number of amides is 2. The lowest BCUT2D eigenvalue weighted by molar-refractivity contribution is 0.0548. The Bertz CT molecular complexity index is 1090. The fraction of sp³-hybridized carbons (Fsp3) is 0.273. The first kappa shape index (κ1) is 20.9. The molecule has 160 valence electrons. The van der Waals surface area contributed by atoms with Crippen LogP contribution in [0.15, 0.2) is 47.0 Å². The average Bonchev–Trinajstić information content (AvgIpc) is 3.39. The number of fused-ring (bicyclic) bond motifs is 1. The van der Waals surface area contributed by atoms with Gasteiger partial charge in [-0.05, 0) is 48.8 Å². The Hall–Kier alpha value is -3.33. The molecule has 1 aliphatic rings. The normalized spacial score (nSPS) is 14.0. The Morgan fingerprint density at radius 1 is 1.03 bits per heavy atom. The summed E-state index contributed by atoms with van der Waals surface area (Å²) in [5.74, 6) is 1.68. The van der Waals surface area contributed by atoms with Crippen molar-refractivity contribution in [3.05, 3.63) is 59.5 Å². The summed E-state index contributed by atoms with van der Waals surface area (Å²) < 4.78 is 16.1. The molecule has 0 saturated carbocycles. The van der Waals surface area contributed by atoms with E-state index >= 15 is 0 Å². The minimum Gasteiger partial charge on any atom is -0.493 e. The van der Waals surface area contributed by atoms with E-state index in [0.717, 1.165) is 0 Å². The predicted octanol–water partition coefficient (Wildman–Crippen LogP) is 3.84. The zero-order chi connectivity index (χ0) is 22.0.